The first-order chi connectivity index (χ1) is 7.72. The van der Waals surface area contributed by atoms with Gasteiger partial charge >= 0.3 is 0 Å². The third kappa shape index (κ3) is 2.24. The fourth-order valence-corrected chi connectivity index (χ4v) is 2.41. The molecule has 0 N–H and O–H groups in total. The summed E-state index contributed by atoms with van der Waals surface area (Å²) in [6.45, 7) is 2.95. The van der Waals surface area contributed by atoms with Crippen LogP contribution < -0.4 is 0 Å². The summed E-state index contributed by atoms with van der Waals surface area (Å²) in [5, 5.41) is 0.272. The van der Waals surface area contributed by atoms with Crippen LogP contribution in [0.25, 0.3) is 0 Å². The maximum atomic E-state index is 12.2. The second kappa shape index (κ2) is 4.91. The third-order valence-corrected chi connectivity index (χ3v) is 3.35. The zero-order valence-corrected chi connectivity index (χ0v) is 10.2. The van der Waals surface area contributed by atoms with Crippen molar-refractivity contribution in [3.8, 4) is 0 Å². The van der Waals surface area contributed by atoms with E-state index in [-0.39, 0.29) is 11.1 Å². The van der Waals surface area contributed by atoms with Gasteiger partial charge in [-0.3, -0.25) is 4.79 Å². The first-order valence-corrected chi connectivity index (χ1v) is 6.16. The highest BCUT2D eigenvalue weighted by Crippen LogP contribution is 2.23. The maximum absolute atomic E-state index is 12.2. The molecule has 1 aliphatic heterocycles. The van der Waals surface area contributed by atoms with Crippen LogP contribution in [0.15, 0.2) is 16.5 Å². The quantitative estimate of drug-likeness (QED) is 0.796. The van der Waals surface area contributed by atoms with E-state index in [0.717, 1.165) is 25.8 Å². The van der Waals surface area contributed by atoms with Crippen LogP contribution in [0, 0.1) is 0 Å². The van der Waals surface area contributed by atoms with Crippen molar-refractivity contribution in [1.82, 2.24) is 4.90 Å². The molecular weight excluding hydrogens is 226 g/mol. The van der Waals surface area contributed by atoms with Crippen LogP contribution in [0.3, 0.4) is 0 Å². The summed E-state index contributed by atoms with van der Waals surface area (Å²) in [6, 6.07) is 3.61. The molecule has 1 atom stereocenters. The van der Waals surface area contributed by atoms with Crippen LogP contribution >= 0.6 is 11.6 Å². The lowest BCUT2D eigenvalue weighted by Gasteiger charge is -2.34. The van der Waals surface area contributed by atoms with E-state index in [1.54, 1.807) is 12.1 Å². The minimum Gasteiger partial charge on any atom is -0.440 e. The molecule has 1 unspecified atom stereocenters. The van der Waals surface area contributed by atoms with Gasteiger partial charge in [0.2, 0.25) is 0 Å². The van der Waals surface area contributed by atoms with E-state index in [9.17, 15) is 4.79 Å². The minimum absolute atomic E-state index is 0.0292. The molecule has 0 saturated carbocycles. The van der Waals surface area contributed by atoms with Crippen molar-refractivity contribution >= 4 is 17.5 Å². The van der Waals surface area contributed by atoms with E-state index in [1.165, 1.54) is 6.42 Å². The normalized spacial score (nSPS) is 21.1. The summed E-state index contributed by atoms with van der Waals surface area (Å²) in [5.74, 6) is 0.323. The van der Waals surface area contributed by atoms with E-state index < -0.39 is 0 Å². The average Bonchev–Trinajstić information content (AvgIpc) is 2.75. The number of piperidine rings is 1. The lowest BCUT2D eigenvalue weighted by atomic mass is 10.00. The molecule has 88 valence electrons. The molecule has 1 aliphatic rings. The van der Waals surface area contributed by atoms with E-state index in [0.29, 0.717) is 11.8 Å². The lowest BCUT2D eigenvalue weighted by Crippen LogP contribution is -2.43. The highest BCUT2D eigenvalue weighted by molar-refractivity contribution is 6.29. The number of hydrogen-bond donors (Lipinski definition) is 0. The predicted octanol–water partition coefficient (Wildman–Crippen LogP) is 3.34. The molecule has 0 bridgehead atoms. The summed E-state index contributed by atoms with van der Waals surface area (Å²) in [4.78, 5) is 14.1. The second-order valence-corrected chi connectivity index (χ2v) is 4.53. The minimum atomic E-state index is -0.0292. The summed E-state index contributed by atoms with van der Waals surface area (Å²) >= 11 is 5.68. The molecule has 0 spiro atoms. The molecule has 2 heterocycles. The molecule has 0 radical (unpaired) electrons. The number of halogens is 1. The van der Waals surface area contributed by atoms with E-state index in [2.05, 4.69) is 6.92 Å². The van der Waals surface area contributed by atoms with Gasteiger partial charge in [-0.25, -0.2) is 0 Å². The van der Waals surface area contributed by atoms with Gasteiger partial charge in [0.15, 0.2) is 11.0 Å². The molecule has 3 nitrogen and oxygen atoms in total. The first kappa shape index (κ1) is 11.5. The lowest BCUT2D eigenvalue weighted by molar-refractivity contribution is 0.0575. The van der Waals surface area contributed by atoms with Gasteiger partial charge in [-0.1, -0.05) is 6.92 Å². The standard InChI is InChI=1S/C12H16ClNO2/c1-2-9-5-3-4-8-14(9)12(15)10-6-7-11(13)16-10/h6-7,9H,2-5,8H2,1H3. The molecule has 1 saturated heterocycles. The Morgan fingerprint density at radius 1 is 1.56 bits per heavy atom. The van der Waals surface area contributed by atoms with Gasteiger partial charge in [0.25, 0.3) is 5.91 Å². The van der Waals surface area contributed by atoms with Gasteiger partial charge in [-0.15, -0.1) is 0 Å². The highest BCUT2D eigenvalue weighted by Gasteiger charge is 2.27. The highest BCUT2D eigenvalue weighted by atomic mass is 35.5. The fourth-order valence-electron chi connectivity index (χ4n) is 2.26. The maximum Gasteiger partial charge on any atom is 0.289 e. The summed E-state index contributed by atoms with van der Waals surface area (Å²) in [6.07, 6.45) is 4.38. The largest absolute Gasteiger partial charge is 0.440 e. The molecule has 0 aliphatic carbocycles. The predicted molar refractivity (Wildman–Crippen MR) is 62.7 cm³/mol. The molecule has 1 fully saturated rings. The number of hydrogen-bond acceptors (Lipinski definition) is 2. The number of carbonyl (C=O) groups excluding carboxylic acids is 1. The zero-order chi connectivity index (χ0) is 11.5. The van der Waals surface area contributed by atoms with Crippen LogP contribution in [0.5, 0.6) is 0 Å². The molecule has 1 aromatic heterocycles. The van der Waals surface area contributed by atoms with Gasteiger partial charge in [0, 0.05) is 12.6 Å². The van der Waals surface area contributed by atoms with Crippen LogP contribution in [0.4, 0.5) is 0 Å². The molecule has 4 heteroatoms. The van der Waals surface area contributed by atoms with Crippen molar-refractivity contribution in [2.75, 3.05) is 6.54 Å². The van der Waals surface area contributed by atoms with Crippen LogP contribution in [-0.2, 0) is 0 Å². The molecule has 0 aromatic carbocycles. The topological polar surface area (TPSA) is 33.5 Å². The van der Waals surface area contributed by atoms with Crippen LogP contribution in [-0.4, -0.2) is 23.4 Å². The summed E-state index contributed by atoms with van der Waals surface area (Å²) < 4.78 is 5.17. The number of furan rings is 1. The van der Waals surface area contributed by atoms with Gasteiger partial charge in [-0.05, 0) is 49.4 Å². The summed E-state index contributed by atoms with van der Waals surface area (Å²) in [5.41, 5.74) is 0. The average molecular weight is 242 g/mol. The number of nitrogens with zero attached hydrogens (tertiary/aromatic N) is 1. The fraction of sp³-hybridized carbons (Fsp3) is 0.583. The Bertz CT molecular complexity index is 375. The summed E-state index contributed by atoms with van der Waals surface area (Å²) in [7, 11) is 0. The zero-order valence-electron chi connectivity index (χ0n) is 9.41. The number of rotatable bonds is 2. The van der Waals surface area contributed by atoms with Crippen LogP contribution in [0.2, 0.25) is 5.22 Å². The number of amides is 1. The van der Waals surface area contributed by atoms with Crippen LogP contribution in [0.1, 0.15) is 43.2 Å². The van der Waals surface area contributed by atoms with Crippen molar-refractivity contribution in [3.05, 3.63) is 23.1 Å². The molecule has 2 rings (SSSR count). The van der Waals surface area contributed by atoms with Crippen molar-refractivity contribution in [1.29, 1.82) is 0 Å². The first-order valence-electron chi connectivity index (χ1n) is 5.78. The molecule has 1 aromatic rings. The monoisotopic (exact) mass is 241 g/mol. The van der Waals surface area contributed by atoms with E-state index in [1.807, 2.05) is 4.90 Å². The Morgan fingerprint density at radius 3 is 3.00 bits per heavy atom. The molecular formula is C12H16ClNO2. The van der Waals surface area contributed by atoms with Crippen molar-refractivity contribution in [3.63, 3.8) is 0 Å². The van der Waals surface area contributed by atoms with E-state index in [4.69, 9.17) is 16.0 Å². The van der Waals surface area contributed by atoms with Crippen molar-refractivity contribution in [2.24, 2.45) is 0 Å². The Hall–Kier alpha value is -0.960. The Balaban J connectivity index is 2.13. The number of carbonyl (C=O) groups is 1. The van der Waals surface area contributed by atoms with Gasteiger partial charge in [0.1, 0.15) is 0 Å². The van der Waals surface area contributed by atoms with Gasteiger partial charge in [-0.2, -0.15) is 0 Å². The molecule has 16 heavy (non-hydrogen) atoms. The molecule has 1 amide bonds. The van der Waals surface area contributed by atoms with Gasteiger partial charge in [0.05, 0.1) is 0 Å². The Kier molecular flexibility index (Phi) is 3.54. The Labute approximate surface area is 100 Å². The number of likely N-dealkylation sites (tertiary alicyclic amines) is 1. The van der Waals surface area contributed by atoms with E-state index >= 15 is 0 Å². The van der Waals surface area contributed by atoms with Crippen molar-refractivity contribution < 1.29 is 9.21 Å². The van der Waals surface area contributed by atoms with Gasteiger partial charge < -0.3 is 9.32 Å². The Morgan fingerprint density at radius 2 is 2.38 bits per heavy atom. The second-order valence-electron chi connectivity index (χ2n) is 4.16. The van der Waals surface area contributed by atoms with Crippen molar-refractivity contribution in [2.45, 2.75) is 38.6 Å². The smallest absolute Gasteiger partial charge is 0.289 e. The SMILES string of the molecule is CCC1CCCCN1C(=O)c1ccc(Cl)o1. The third-order valence-electron chi connectivity index (χ3n) is 3.14.